The molecule has 0 radical (unpaired) electrons. The summed E-state index contributed by atoms with van der Waals surface area (Å²) in [6, 6.07) is 9.63. The second-order valence-electron chi connectivity index (χ2n) is 6.92. The Morgan fingerprint density at radius 3 is 2.06 bits per heavy atom. The number of halogens is 2. The largest absolute Gasteiger partial charge is 0.495 e. The van der Waals surface area contributed by atoms with Crippen molar-refractivity contribution in [1.82, 2.24) is 9.97 Å². The first-order chi connectivity index (χ1) is 16.2. The lowest BCUT2D eigenvalue weighted by Gasteiger charge is -2.20. The zero-order chi connectivity index (χ0) is 24.8. The molecule has 0 saturated heterocycles. The third-order valence-electron chi connectivity index (χ3n) is 4.58. The van der Waals surface area contributed by atoms with E-state index in [0.29, 0.717) is 28.8 Å². The van der Waals surface area contributed by atoms with Crippen LogP contribution < -0.4 is 30.3 Å². The molecule has 0 bridgehead atoms. The summed E-state index contributed by atoms with van der Waals surface area (Å²) < 4.78 is 10.4. The molecule has 0 fully saturated rings. The molecule has 10 nitrogen and oxygen atoms in total. The first-order valence-electron chi connectivity index (χ1n) is 9.85. The number of aromatic nitrogens is 2. The highest BCUT2D eigenvalue weighted by atomic mass is 35.5. The van der Waals surface area contributed by atoms with E-state index in [2.05, 4.69) is 25.9 Å². The van der Waals surface area contributed by atoms with Crippen molar-refractivity contribution in [2.24, 2.45) is 0 Å². The van der Waals surface area contributed by atoms with E-state index in [4.69, 9.17) is 32.7 Å². The lowest BCUT2D eigenvalue weighted by Crippen LogP contribution is -2.32. The number of urea groups is 1. The number of methoxy groups -OCH3 is 2. The molecule has 0 atom stereocenters. The number of anilines is 5. The Kier molecular flexibility index (Phi) is 7.98. The Morgan fingerprint density at radius 1 is 0.912 bits per heavy atom. The number of amides is 3. The van der Waals surface area contributed by atoms with E-state index in [0.717, 1.165) is 5.69 Å². The van der Waals surface area contributed by atoms with Crippen molar-refractivity contribution in [2.45, 2.75) is 6.92 Å². The molecular weight excluding hydrogens is 483 g/mol. The van der Waals surface area contributed by atoms with Crippen molar-refractivity contribution in [3.8, 4) is 11.5 Å². The molecule has 3 rings (SSSR count). The van der Waals surface area contributed by atoms with Crippen LogP contribution in [0, 0.1) is 0 Å². The third kappa shape index (κ3) is 5.77. The van der Waals surface area contributed by atoms with Crippen LogP contribution in [0.15, 0.2) is 42.7 Å². The molecule has 0 unspecified atom stereocenters. The first-order valence-corrected chi connectivity index (χ1v) is 10.6. The van der Waals surface area contributed by atoms with Crippen LogP contribution in [0.4, 0.5) is 33.5 Å². The van der Waals surface area contributed by atoms with Gasteiger partial charge in [0, 0.05) is 37.5 Å². The van der Waals surface area contributed by atoms with Crippen molar-refractivity contribution in [2.75, 3.05) is 42.1 Å². The number of nitrogens with one attached hydrogen (secondary N) is 3. The molecule has 0 spiro atoms. The lowest BCUT2D eigenvalue weighted by molar-refractivity contribution is -0.114. The minimum atomic E-state index is -0.552. The number of ether oxygens (including phenoxy) is 2. The lowest BCUT2D eigenvalue weighted by atomic mass is 10.2. The Bertz CT molecular complexity index is 1180. The quantitative estimate of drug-likeness (QED) is 0.406. The summed E-state index contributed by atoms with van der Waals surface area (Å²) in [5.74, 6) is 1.19. The maximum absolute atomic E-state index is 12.9. The minimum Gasteiger partial charge on any atom is -0.495 e. The standard InChI is InChI=1S/C22H22Cl2N6O4/c1-12(31)27-13-5-7-14(8-6-13)28-17-10-18(26-11-25-17)30(2)22(32)29-21-19(23)15(33-3)9-16(34-4)20(21)24/h5-11H,1-4H3,(H,27,31)(H,29,32)(H,25,26,28). The second-order valence-corrected chi connectivity index (χ2v) is 7.67. The van der Waals surface area contributed by atoms with Crippen LogP contribution >= 0.6 is 23.2 Å². The van der Waals surface area contributed by atoms with Crippen LogP contribution in [0.25, 0.3) is 0 Å². The number of carbonyl (C=O) groups excluding carboxylic acids is 2. The zero-order valence-corrected chi connectivity index (χ0v) is 20.3. The van der Waals surface area contributed by atoms with E-state index in [1.807, 2.05) is 0 Å². The first kappa shape index (κ1) is 24.9. The average Bonchev–Trinajstić information content (AvgIpc) is 2.82. The van der Waals surface area contributed by atoms with Crippen LogP contribution in [-0.2, 0) is 4.79 Å². The van der Waals surface area contributed by atoms with E-state index in [1.54, 1.807) is 30.3 Å². The van der Waals surface area contributed by atoms with Crippen molar-refractivity contribution in [1.29, 1.82) is 0 Å². The number of hydrogen-bond acceptors (Lipinski definition) is 7. The van der Waals surface area contributed by atoms with Crippen LogP contribution in [0.2, 0.25) is 10.0 Å². The monoisotopic (exact) mass is 504 g/mol. The summed E-state index contributed by atoms with van der Waals surface area (Å²) in [4.78, 5) is 33.7. The molecule has 2 aromatic carbocycles. The van der Waals surface area contributed by atoms with Crippen LogP contribution in [0.3, 0.4) is 0 Å². The summed E-state index contributed by atoms with van der Waals surface area (Å²) in [5.41, 5.74) is 1.54. The van der Waals surface area contributed by atoms with Gasteiger partial charge < -0.3 is 25.4 Å². The molecule has 12 heteroatoms. The van der Waals surface area contributed by atoms with Gasteiger partial charge in [-0.2, -0.15) is 0 Å². The third-order valence-corrected chi connectivity index (χ3v) is 5.33. The smallest absolute Gasteiger partial charge is 0.327 e. The fourth-order valence-corrected chi connectivity index (χ4v) is 3.47. The van der Waals surface area contributed by atoms with Crippen molar-refractivity contribution in [3.63, 3.8) is 0 Å². The fraction of sp³-hybridized carbons (Fsp3) is 0.182. The summed E-state index contributed by atoms with van der Waals surface area (Å²) in [6.45, 7) is 1.44. The van der Waals surface area contributed by atoms with Gasteiger partial charge in [-0.15, -0.1) is 0 Å². The van der Waals surface area contributed by atoms with Gasteiger partial charge >= 0.3 is 6.03 Å². The topological polar surface area (TPSA) is 118 Å². The predicted octanol–water partition coefficient (Wildman–Crippen LogP) is 5.17. The van der Waals surface area contributed by atoms with Crippen molar-refractivity contribution < 1.29 is 19.1 Å². The van der Waals surface area contributed by atoms with E-state index in [1.165, 1.54) is 45.5 Å². The molecule has 178 valence electrons. The highest BCUT2D eigenvalue weighted by molar-refractivity contribution is 6.41. The summed E-state index contributed by atoms with van der Waals surface area (Å²) in [7, 11) is 4.41. The highest BCUT2D eigenvalue weighted by Gasteiger charge is 2.21. The summed E-state index contributed by atoms with van der Waals surface area (Å²) in [5, 5.41) is 8.74. The molecule has 0 aliphatic rings. The van der Waals surface area contributed by atoms with Gasteiger partial charge in [-0.1, -0.05) is 23.2 Å². The molecule has 0 aliphatic carbocycles. The van der Waals surface area contributed by atoms with Crippen molar-refractivity contribution >= 4 is 63.8 Å². The number of nitrogens with zero attached hydrogens (tertiary/aromatic N) is 3. The van der Waals surface area contributed by atoms with Gasteiger partial charge in [0.05, 0.1) is 19.9 Å². The molecule has 1 aromatic heterocycles. The van der Waals surface area contributed by atoms with E-state index in [9.17, 15) is 9.59 Å². The van der Waals surface area contributed by atoms with Gasteiger partial charge in [0.25, 0.3) is 0 Å². The van der Waals surface area contributed by atoms with Gasteiger partial charge in [-0.3, -0.25) is 9.69 Å². The van der Waals surface area contributed by atoms with Gasteiger partial charge in [0.15, 0.2) is 0 Å². The second kappa shape index (κ2) is 10.9. The van der Waals surface area contributed by atoms with Crippen molar-refractivity contribution in [3.05, 3.63) is 52.8 Å². The highest BCUT2D eigenvalue weighted by Crippen LogP contribution is 2.44. The van der Waals surface area contributed by atoms with Gasteiger partial charge in [0.1, 0.15) is 39.5 Å². The maximum Gasteiger partial charge on any atom is 0.327 e. The van der Waals surface area contributed by atoms with Gasteiger partial charge in [-0.05, 0) is 24.3 Å². The number of benzene rings is 2. The Hall–Kier alpha value is -3.76. The van der Waals surface area contributed by atoms with Crippen LogP contribution in [0.1, 0.15) is 6.92 Å². The van der Waals surface area contributed by atoms with Crippen LogP contribution in [-0.4, -0.2) is 43.2 Å². The van der Waals surface area contributed by atoms with E-state index >= 15 is 0 Å². The SMILES string of the molecule is COc1cc(OC)c(Cl)c(NC(=O)N(C)c2cc(Nc3ccc(NC(C)=O)cc3)ncn2)c1Cl. The van der Waals surface area contributed by atoms with E-state index < -0.39 is 6.03 Å². The number of rotatable bonds is 7. The molecule has 3 amide bonds. The normalized spacial score (nSPS) is 10.3. The fourth-order valence-electron chi connectivity index (χ4n) is 2.88. The summed E-state index contributed by atoms with van der Waals surface area (Å²) >= 11 is 12.7. The molecule has 0 saturated carbocycles. The molecule has 34 heavy (non-hydrogen) atoms. The number of carbonyl (C=O) groups is 2. The van der Waals surface area contributed by atoms with E-state index in [-0.39, 0.29) is 21.6 Å². The Balaban J connectivity index is 1.77. The van der Waals surface area contributed by atoms with Gasteiger partial charge in [0.2, 0.25) is 5.91 Å². The summed E-state index contributed by atoms with van der Waals surface area (Å²) in [6.07, 6.45) is 1.32. The average molecular weight is 505 g/mol. The molecule has 3 N–H and O–H groups in total. The maximum atomic E-state index is 12.9. The van der Waals surface area contributed by atoms with Gasteiger partial charge in [-0.25, -0.2) is 14.8 Å². The number of hydrogen-bond donors (Lipinski definition) is 3. The molecular formula is C22H22Cl2N6O4. The Labute approximate surface area is 206 Å². The molecule has 0 aliphatic heterocycles. The Morgan fingerprint density at radius 2 is 1.50 bits per heavy atom. The zero-order valence-electron chi connectivity index (χ0n) is 18.8. The molecule has 3 aromatic rings. The predicted molar refractivity (Wildman–Crippen MR) is 133 cm³/mol. The van der Waals surface area contributed by atoms with Crippen LogP contribution in [0.5, 0.6) is 11.5 Å². The molecule has 1 heterocycles. The minimum absolute atomic E-state index is 0.128.